The lowest BCUT2D eigenvalue weighted by molar-refractivity contribution is -0.120. The molecular weight excluding hydrogens is 228 g/mol. The van der Waals surface area contributed by atoms with Gasteiger partial charge in [-0.2, -0.15) is 0 Å². The van der Waals surface area contributed by atoms with Crippen LogP contribution in [0.2, 0.25) is 0 Å². The zero-order valence-electron chi connectivity index (χ0n) is 10.9. The molecule has 1 rings (SSSR count). The number of rotatable bonds is 8. The van der Waals surface area contributed by atoms with E-state index in [1.807, 2.05) is 37.3 Å². The summed E-state index contributed by atoms with van der Waals surface area (Å²) in [6.45, 7) is 3.04. The minimum atomic E-state index is -0.0183. The van der Waals surface area contributed by atoms with Crippen LogP contribution in [-0.4, -0.2) is 30.2 Å². The predicted octanol–water partition coefficient (Wildman–Crippen LogP) is 1.05. The molecule has 0 spiro atoms. The Morgan fingerprint density at radius 2 is 2.06 bits per heavy atom. The van der Waals surface area contributed by atoms with Gasteiger partial charge in [0.25, 0.3) is 0 Å². The number of nitrogens with one attached hydrogen (secondary N) is 2. The minimum Gasteiger partial charge on any atom is -0.396 e. The molecule has 1 aromatic rings. The highest BCUT2D eigenvalue weighted by atomic mass is 16.3. The van der Waals surface area contributed by atoms with Gasteiger partial charge in [-0.05, 0) is 18.4 Å². The molecule has 18 heavy (non-hydrogen) atoms. The molecule has 0 bridgehead atoms. The van der Waals surface area contributed by atoms with Crippen LogP contribution in [0.3, 0.4) is 0 Å². The highest BCUT2D eigenvalue weighted by molar-refractivity contribution is 5.77. The van der Waals surface area contributed by atoms with Crippen molar-refractivity contribution < 1.29 is 9.90 Å². The van der Waals surface area contributed by atoms with E-state index >= 15 is 0 Å². The number of amides is 1. The first-order valence-corrected chi connectivity index (χ1v) is 6.41. The van der Waals surface area contributed by atoms with Gasteiger partial charge >= 0.3 is 0 Å². The fraction of sp³-hybridized carbons (Fsp3) is 0.500. The highest BCUT2D eigenvalue weighted by Gasteiger charge is 2.07. The van der Waals surface area contributed by atoms with Gasteiger partial charge in [0.15, 0.2) is 0 Å². The molecule has 0 saturated heterocycles. The zero-order valence-corrected chi connectivity index (χ0v) is 10.9. The maximum absolute atomic E-state index is 11.6. The van der Waals surface area contributed by atoms with Crippen molar-refractivity contribution in [3.8, 4) is 0 Å². The smallest absolute Gasteiger partial charge is 0.234 e. The van der Waals surface area contributed by atoms with Crippen LogP contribution in [0.5, 0.6) is 0 Å². The van der Waals surface area contributed by atoms with Crippen LogP contribution in [0, 0.1) is 0 Å². The van der Waals surface area contributed by atoms with Gasteiger partial charge in [0.05, 0.1) is 6.54 Å². The summed E-state index contributed by atoms with van der Waals surface area (Å²) in [4.78, 5) is 11.6. The lowest BCUT2D eigenvalue weighted by atomic mass is 10.1. The largest absolute Gasteiger partial charge is 0.396 e. The third-order valence-electron chi connectivity index (χ3n) is 2.85. The maximum atomic E-state index is 11.6. The summed E-state index contributed by atoms with van der Waals surface area (Å²) in [7, 11) is 0. The van der Waals surface area contributed by atoms with Crippen molar-refractivity contribution in [1.82, 2.24) is 10.6 Å². The molecule has 1 atom stereocenters. The summed E-state index contributed by atoms with van der Waals surface area (Å²) in [5, 5.41) is 14.8. The van der Waals surface area contributed by atoms with E-state index in [1.165, 1.54) is 0 Å². The Labute approximate surface area is 108 Å². The van der Waals surface area contributed by atoms with Crippen LogP contribution >= 0.6 is 0 Å². The number of carbonyl (C=O) groups excluding carboxylic acids is 1. The molecule has 0 aliphatic carbocycles. The maximum Gasteiger partial charge on any atom is 0.234 e. The third kappa shape index (κ3) is 5.80. The molecule has 1 amide bonds. The van der Waals surface area contributed by atoms with E-state index in [2.05, 4.69) is 10.6 Å². The lowest BCUT2D eigenvalue weighted by Gasteiger charge is -2.15. The first-order chi connectivity index (χ1) is 8.76. The second-order valence-electron chi connectivity index (χ2n) is 4.26. The van der Waals surface area contributed by atoms with Crippen LogP contribution < -0.4 is 10.6 Å². The Hall–Kier alpha value is -1.39. The fourth-order valence-corrected chi connectivity index (χ4v) is 1.70. The fourth-order valence-electron chi connectivity index (χ4n) is 1.70. The molecule has 0 heterocycles. The van der Waals surface area contributed by atoms with Crippen LogP contribution in [0.4, 0.5) is 0 Å². The number of benzene rings is 1. The summed E-state index contributed by atoms with van der Waals surface area (Å²) in [6.07, 6.45) is 1.59. The molecule has 0 fully saturated rings. The van der Waals surface area contributed by atoms with Crippen molar-refractivity contribution in [2.24, 2.45) is 0 Å². The second kappa shape index (κ2) is 8.66. The number of hydrogen-bond donors (Lipinski definition) is 3. The van der Waals surface area contributed by atoms with Gasteiger partial charge in [0.1, 0.15) is 0 Å². The molecular formula is C14H22N2O2. The van der Waals surface area contributed by atoms with E-state index in [4.69, 9.17) is 5.11 Å². The normalized spacial score (nSPS) is 12.1. The second-order valence-corrected chi connectivity index (χ2v) is 4.26. The molecule has 0 radical (unpaired) electrons. The topological polar surface area (TPSA) is 61.4 Å². The Kier molecular flexibility index (Phi) is 7.06. The molecule has 1 aromatic carbocycles. The monoisotopic (exact) mass is 250 g/mol. The van der Waals surface area contributed by atoms with E-state index in [-0.39, 0.29) is 18.6 Å². The molecule has 0 saturated carbocycles. The predicted molar refractivity (Wildman–Crippen MR) is 72.1 cm³/mol. The summed E-state index contributed by atoms with van der Waals surface area (Å²) in [6, 6.07) is 10.0. The first-order valence-electron chi connectivity index (χ1n) is 6.41. The molecule has 100 valence electrons. The van der Waals surface area contributed by atoms with E-state index in [9.17, 15) is 4.79 Å². The molecule has 1 unspecified atom stereocenters. The van der Waals surface area contributed by atoms with Gasteiger partial charge in [-0.1, -0.05) is 37.3 Å². The number of aliphatic hydroxyl groups is 1. The molecule has 4 nitrogen and oxygen atoms in total. The van der Waals surface area contributed by atoms with Crippen LogP contribution in [0.15, 0.2) is 30.3 Å². The average molecular weight is 250 g/mol. The van der Waals surface area contributed by atoms with Crippen molar-refractivity contribution in [3.63, 3.8) is 0 Å². The summed E-state index contributed by atoms with van der Waals surface area (Å²) in [5.41, 5.74) is 1.09. The van der Waals surface area contributed by atoms with Gasteiger partial charge < -0.3 is 15.7 Å². The van der Waals surface area contributed by atoms with Crippen molar-refractivity contribution in [2.45, 2.75) is 32.4 Å². The van der Waals surface area contributed by atoms with Crippen LogP contribution in [-0.2, 0) is 11.3 Å². The zero-order chi connectivity index (χ0) is 13.2. The summed E-state index contributed by atoms with van der Waals surface area (Å²) in [5.74, 6) is -0.0183. The molecule has 3 N–H and O–H groups in total. The van der Waals surface area contributed by atoms with Gasteiger partial charge in [0.2, 0.25) is 5.91 Å². The Morgan fingerprint density at radius 3 is 2.67 bits per heavy atom. The van der Waals surface area contributed by atoms with Crippen molar-refractivity contribution in [1.29, 1.82) is 0 Å². The van der Waals surface area contributed by atoms with E-state index in [0.29, 0.717) is 19.5 Å². The minimum absolute atomic E-state index is 0.0183. The van der Waals surface area contributed by atoms with E-state index in [0.717, 1.165) is 12.0 Å². The lowest BCUT2D eigenvalue weighted by Crippen LogP contribution is -2.39. The standard InChI is InChI=1S/C14H22N2O2/c1-2-13(8-9-17)15-11-14(18)16-10-12-6-4-3-5-7-12/h3-7,13,15,17H,2,8-11H2,1H3,(H,16,18). The SMILES string of the molecule is CCC(CCO)NCC(=O)NCc1ccccc1. The number of hydrogen-bond acceptors (Lipinski definition) is 3. The van der Waals surface area contributed by atoms with Crippen molar-refractivity contribution in [3.05, 3.63) is 35.9 Å². The van der Waals surface area contributed by atoms with E-state index < -0.39 is 0 Å². The highest BCUT2D eigenvalue weighted by Crippen LogP contribution is 1.97. The molecule has 0 aromatic heterocycles. The summed E-state index contributed by atoms with van der Waals surface area (Å²) < 4.78 is 0. The number of aliphatic hydroxyl groups excluding tert-OH is 1. The van der Waals surface area contributed by atoms with Gasteiger partial charge in [-0.25, -0.2) is 0 Å². The molecule has 0 aliphatic heterocycles. The van der Waals surface area contributed by atoms with Crippen molar-refractivity contribution >= 4 is 5.91 Å². The third-order valence-corrected chi connectivity index (χ3v) is 2.85. The van der Waals surface area contributed by atoms with Crippen LogP contribution in [0.1, 0.15) is 25.3 Å². The van der Waals surface area contributed by atoms with Gasteiger partial charge in [0, 0.05) is 19.2 Å². The molecule has 4 heteroatoms. The van der Waals surface area contributed by atoms with Gasteiger partial charge in [-0.15, -0.1) is 0 Å². The number of carbonyl (C=O) groups is 1. The Morgan fingerprint density at radius 1 is 1.33 bits per heavy atom. The van der Waals surface area contributed by atoms with Gasteiger partial charge in [-0.3, -0.25) is 4.79 Å². The van der Waals surface area contributed by atoms with E-state index in [1.54, 1.807) is 0 Å². The molecule has 0 aliphatic rings. The van der Waals surface area contributed by atoms with Crippen LogP contribution in [0.25, 0.3) is 0 Å². The first kappa shape index (κ1) is 14.7. The summed E-state index contributed by atoms with van der Waals surface area (Å²) >= 11 is 0. The Balaban J connectivity index is 2.21. The quantitative estimate of drug-likeness (QED) is 0.646. The van der Waals surface area contributed by atoms with Crippen molar-refractivity contribution in [2.75, 3.05) is 13.2 Å². The average Bonchev–Trinajstić information content (AvgIpc) is 2.42. The Bertz CT molecular complexity index is 341.